The lowest BCUT2D eigenvalue weighted by molar-refractivity contribution is -0.00238. The van der Waals surface area contributed by atoms with Gasteiger partial charge in [-0.25, -0.2) is 0 Å². The Morgan fingerprint density at radius 1 is 1.19 bits per heavy atom. The number of ether oxygens (including phenoxy) is 1. The highest BCUT2D eigenvalue weighted by Crippen LogP contribution is 2.39. The van der Waals surface area contributed by atoms with E-state index in [1.165, 1.54) is 36.8 Å². The maximum absolute atomic E-state index is 5.94. The molecule has 2 atom stereocenters. The molecule has 1 saturated carbocycles. The minimum atomic E-state index is 0.453. The summed E-state index contributed by atoms with van der Waals surface area (Å²) in [4.78, 5) is 4.26. The van der Waals surface area contributed by atoms with Gasteiger partial charge in [-0.2, -0.15) is 0 Å². The van der Waals surface area contributed by atoms with Gasteiger partial charge in [-0.3, -0.25) is 4.99 Å². The molecule has 2 nitrogen and oxygen atoms in total. The summed E-state index contributed by atoms with van der Waals surface area (Å²) < 4.78 is 5.94. The number of aliphatic imine (C=N–C) groups is 1. The van der Waals surface area contributed by atoms with Crippen LogP contribution in [-0.2, 0) is 4.74 Å². The van der Waals surface area contributed by atoms with Crippen molar-refractivity contribution in [2.45, 2.75) is 31.8 Å². The van der Waals surface area contributed by atoms with Crippen molar-refractivity contribution in [3.8, 4) is 0 Å². The first kappa shape index (κ1) is 10.0. The van der Waals surface area contributed by atoms with Crippen LogP contribution in [0.5, 0.6) is 0 Å². The molecule has 3 rings (SSSR count). The van der Waals surface area contributed by atoms with Gasteiger partial charge < -0.3 is 4.74 Å². The molecular weight excluding hydrogens is 198 g/mol. The number of nitrogens with zero attached hydrogens (tertiary/aromatic N) is 1. The van der Waals surface area contributed by atoms with Gasteiger partial charge in [0.25, 0.3) is 0 Å². The summed E-state index contributed by atoms with van der Waals surface area (Å²) in [5.74, 6) is 0.603. The second-order valence-corrected chi connectivity index (χ2v) is 4.70. The van der Waals surface area contributed by atoms with E-state index in [1.54, 1.807) is 0 Å². The summed E-state index contributed by atoms with van der Waals surface area (Å²) in [6.45, 7) is 0.734. The summed E-state index contributed by atoms with van der Waals surface area (Å²) in [6, 6.07) is 0. The summed E-state index contributed by atoms with van der Waals surface area (Å²) in [5, 5.41) is 0. The first-order chi connectivity index (χ1) is 7.95. The van der Waals surface area contributed by atoms with Crippen LogP contribution in [0.2, 0.25) is 0 Å². The molecule has 2 aliphatic heterocycles. The van der Waals surface area contributed by atoms with Gasteiger partial charge in [-0.1, -0.05) is 25.0 Å². The third kappa shape index (κ3) is 1.78. The average Bonchev–Trinajstić information content (AvgIpc) is 2.29. The van der Waals surface area contributed by atoms with E-state index >= 15 is 0 Å². The molecule has 0 aromatic heterocycles. The van der Waals surface area contributed by atoms with Gasteiger partial charge in [0, 0.05) is 18.3 Å². The molecule has 1 aliphatic carbocycles. The van der Waals surface area contributed by atoms with Crippen LogP contribution in [-0.4, -0.2) is 18.9 Å². The highest BCUT2D eigenvalue weighted by atomic mass is 16.5. The lowest BCUT2D eigenvalue weighted by Crippen LogP contribution is -2.35. The Balaban J connectivity index is 1.93. The molecule has 2 heterocycles. The van der Waals surface area contributed by atoms with E-state index in [1.807, 2.05) is 18.5 Å². The normalized spacial score (nSPS) is 43.5. The first-order valence-electron chi connectivity index (χ1n) is 6.16. The van der Waals surface area contributed by atoms with Crippen LogP contribution in [0.25, 0.3) is 0 Å². The molecule has 0 bridgehead atoms. The molecule has 2 unspecified atom stereocenters. The minimum Gasteiger partial charge on any atom is -0.373 e. The third-order valence-electron chi connectivity index (χ3n) is 3.72. The summed E-state index contributed by atoms with van der Waals surface area (Å²) >= 11 is 0. The zero-order valence-corrected chi connectivity index (χ0v) is 9.43. The Bertz CT molecular complexity index is 390. The molecule has 0 spiro atoms. The topological polar surface area (TPSA) is 21.6 Å². The molecule has 16 heavy (non-hydrogen) atoms. The van der Waals surface area contributed by atoms with Crippen molar-refractivity contribution in [1.82, 2.24) is 0 Å². The molecule has 0 aromatic rings. The Labute approximate surface area is 96.4 Å². The van der Waals surface area contributed by atoms with E-state index in [0.29, 0.717) is 12.0 Å². The lowest BCUT2D eigenvalue weighted by Gasteiger charge is -2.38. The van der Waals surface area contributed by atoms with Crippen LogP contribution in [0.4, 0.5) is 0 Å². The van der Waals surface area contributed by atoms with Crippen molar-refractivity contribution in [3.05, 3.63) is 35.6 Å². The van der Waals surface area contributed by atoms with E-state index in [4.69, 9.17) is 4.74 Å². The highest BCUT2D eigenvalue weighted by molar-refractivity contribution is 5.73. The summed E-state index contributed by atoms with van der Waals surface area (Å²) in [6.07, 6.45) is 15.7. The van der Waals surface area contributed by atoms with Gasteiger partial charge in [0.2, 0.25) is 0 Å². The second-order valence-electron chi connectivity index (χ2n) is 4.70. The monoisotopic (exact) mass is 215 g/mol. The Hall–Kier alpha value is -1.15. The van der Waals surface area contributed by atoms with Crippen LogP contribution in [0.1, 0.15) is 25.7 Å². The van der Waals surface area contributed by atoms with E-state index in [2.05, 4.69) is 17.1 Å². The third-order valence-corrected chi connectivity index (χ3v) is 3.72. The van der Waals surface area contributed by atoms with Crippen LogP contribution in [0, 0.1) is 5.92 Å². The molecule has 2 fully saturated rings. The molecule has 2 heteroatoms. The van der Waals surface area contributed by atoms with Gasteiger partial charge in [-0.05, 0) is 30.1 Å². The van der Waals surface area contributed by atoms with Gasteiger partial charge in [0.05, 0.1) is 12.7 Å². The molecule has 3 aliphatic rings. The number of fused-ring (bicyclic) bond motifs is 3. The van der Waals surface area contributed by atoms with Gasteiger partial charge in [-0.15, -0.1) is 0 Å². The smallest absolute Gasteiger partial charge is 0.0738 e. The number of hydrogen-bond acceptors (Lipinski definition) is 2. The fraction of sp³-hybridized carbons (Fsp3) is 0.500. The second kappa shape index (κ2) is 4.38. The van der Waals surface area contributed by atoms with Crippen molar-refractivity contribution in [2.24, 2.45) is 10.9 Å². The quantitative estimate of drug-likeness (QED) is 0.608. The number of hydrogen-bond donors (Lipinski definition) is 0. The van der Waals surface area contributed by atoms with E-state index in [9.17, 15) is 0 Å². The molecule has 84 valence electrons. The molecule has 0 aromatic carbocycles. The van der Waals surface area contributed by atoms with Crippen molar-refractivity contribution in [1.29, 1.82) is 0 Å². The Kier molecular flexibility index (Phi) is 2.75. The number of rotatable bonds is 0. The average molecular weight is 215 g/mol. The van der Waals surface area contributed by atoms with Crippen molar-refractivity contribution < 1.29 is 4.74 Å². The molecule has 0 radical (unpaired) electrons. The number of allylic oxidation sites excluding steroid dienone is 3. The zero-order chi connectivity index (χ0) is 10.8. The van der Waals surface area contributed by atoms with Crippen LogP contribution in [0.15, 0.2) is 40.6 Å². The summed E-state index contributed by atoms with van der Waals surface area (Å²) in [7, 11) is 0. The fourth-order valence-corrected chi connectivity index (χ4v) is 2.90. The van der Waals surface area contributed by atoms with Crippen LogP contribution in [0.3, 0.4) is 0 Å². The van der Waals surface area contributed by atoms with Crippen molar-refractivity contribution in [3.63, 3.8) is 0 Å². The largest absolute Gasteiger partial charge is 0.373 e. The van der Waals surface area contributed by atoms with Crippen molar-refractivity contribution in [2.75, 3.05) is 6.61 Å². The summed E-state index contributed by atoms with van der Waals surface area (Å²) in [5.41, 5.74) is 2.73. The van der Waals surface area contributed by atoms with Crippen LogP contribution >= 0.6 is 0 Å². The zero-order valence-electron chi connectivity index (χ0n) is 9.43. The molecule has 0 amide bonds. The maximum atomic E-state index is 5.94. The fourth-order valence-electron chi connectivity index (χ4n) is 2.90. The Morgan fingerprint density at radius 2 is 2.12 bits per heavy atom. The molecule has 0 N–H and O–H groups in total. The van der Waals surface area contributed by atoms with E-state index in [-0.39, 0.29) is 0 Å². The predicted molar refractivity (Wildman–Crippen MR) is 65.5 cm³/mol. The Morgan fingerprint density at radius 3 is 3.12 bits per heavy atom. The van der Waals surface area contributed by atoms with Crippen molar-refractivity contribution >= 4 is 6.21 Å². The molecule has 1 saturated heterocycles. The van der Waals surface area contributed by atoms with Gasteiger partial charge >= 0.3 is 0 Å². The van der Waals surface area contributed by atoms with E-state index in [0.717, 1.165) is 6.61 Å². The van der Waals surface area contributed by atoms with E-state index < -0.39 is 0 Å². The van der Waals surface area contributed by atoms with Gasteiger partial charge in [0.15, 0.2) is 0 Å². The first-order valence-corrected chi connectivity index (χ1v) is 6.16. The van der Waals surface area contributed by atoms with Crippen LogP contribution < -0.4 is 0 Å². The SMILES string of the molecule is C1=C\C=C2/C(=C\N=C/1)COC1CCCCC21. The predicted octanol–water partition coefficient (Wildman–Crippen LogP) is 3.03. The highest BCUT2D eigenvalue weighted by Gasteiger charge is 2.34. The lowest BCUT2D eigenvalue weighted by atomic mass is 9.77. The standard InChI is InChI=1S/C14H17NO/c1-2-7-14-13(6-1)12-5-3-4-8-15-9-11(12)10-16-14/h3-5,8-9,13-14H,1-2,6-7,10H2/b4-3-,5-3?,8-4?,11-9-,12-5+,15-8-,15-9?. The van der Waals surface area contributed by atoms with Gasteiger partial charge in [0.1, 0.15) is 0 Å². The minimum absolute atomic E-state index is 0.453. The maximum Gasteiger partial charge on any atom is 0.0738 e. The molecular formula is C14H17NO.